The molecule has 3 fully saturated rings. The first-order valence-corrected chi connectivity index (χ1v) is 8.22. The fourth-order valence-electron chi connectivity index (χ4n) is 3.84. The minimum absolute atomic E-state index is 0.374. The first kappa shape index (κ1) is 12.8. The van der Waals surface area contributed by atoms with E-state index in [1.807, 2.05) is 0 Å². The standard InChI is InChI=1S/C15H24N4O/c1-3-11(4-1)14-17-15(20-18-14)13-5-2-10-19(13)12-6-8-16-9-7-12/h11-13,16H,1-10H2. The summed E-state index contributed by atoms with van der Waals surface area (Å²) in [6.07, 6.45) is 8.73. The molecule has 3 heterocycles. The monoisotopic (exact) mass is 276 g/mol. The molecule has 0 amide bonds. The summed E-state index contributed by atoms with van der Waals surface area (Å²) >= 11 is 0. The van der Waals surface area contributed by atoms with Crippen molar-refractivity contribution in [1.29, 1.82) is 0 Å². The van der Waals surface area contributed by atoms with Crippen molar-refractivity contribution < 1.29 is 4.52 Å². The molecule has 1 unspecified atom stereocenters. The van der Waals surface area contributed by atoms with Gasteiger partial charge < -0.3 is 9.84 Å². The summed E-state index contributed by atoms with van der Waals surface area (Å²) in [6, 6.07) is 1.07. The number of nitrogens with one attached hydrogen (secondary N) is 1. The third kappa shape index (κ3) is 2.27. The van der Waals surface area contributed by atoms with Gasteiger partial charge in [-0.3, -0.25) is 4.90 Å². The first-order valence-electron chi connectivity index (χ1n) is 8.22. The van der Waals surface area contributed by atoms with Gasteiger partial charge in [0.25, 0.3) is 0 Å². The fourth-order valence-corrected chi connectivity index (χ4v) is 3.84. The van der Waals surface area contributed by atoms with Gasteiger partial charge in [-0.15, -0.1) is 0 Å². The van der Waals surface area contributed by atoms with Crippen molar-refractivity contribution in [1.82, 2.24) is 20.4 Å². The first-order chi connectivity index (χ1) is 9.92. The van der Waals surface area contributed by atoms with Gasteiger partial charge in [-0.05, 0) is 58.2 Å². The molecule has 1 N–H and O–H groups in total. The van der Waals surface area contributed by atoms with Crippen LogP contribution < -0.4 is 5.32 Å². The van der Waals surface area contributed by atoms with Crippen molar-refractivity contribution in [2.75, 3.05) is 19.6 Å². The van der Waals surface area contributed by atoms with E-state index in [0.29, 0.717) is 18.0 Å². The second-order valence-electron chi connectivity index (χ2n) is 6.50. The molecule has 4 rings (SSSR count). The van der Waals surface area contributed by atoms with Crippen molar-refractivity contribution >= 4 is 0 Å². The van der Waals surface area contributed by atoms with Gasteiger partial charge in [0.2, 0.25) is 5.89 Å². The van der Waals surface area contributed by atoms with Crippen LogP contribution in [0.2, 0.25) is 0 Å². The highest BCUT2D eigenvalue weighted by atomic mass is 16.5. The molecule has 3 aliphatic rings. The highest BCUT2D eigenvalue weighted by Gasteiger charge is 2.36. The molecule has 5 heteroatoms. The molecule has 0 radical (unpaired) electrons. The lowest BCUT2D eigenvalue weighted by molar-refractivity contribution is 0.126. The van der Waals surface area contributed by atoms with E-state index in [0.717, 1.165) is 24.8 Å². The highest BCUT2D eigenvalue weighted by molar-refractivity contribution is 5.04. The predicted octanol–water partition coefficient (Wildman–Crippen LogP) is 2.23. The van der Waals surface area contributed by atoms with Crippen LogP contribution in [0.5, 0.6) is 0 Å². The van der Waals surface area contributed by atoms with Crippen LogP contribution in [-0.4, -0.2) is 40.7 Å². The van der Waals surface area contributed by atoms with Crippen LogP contribution >= 0.6 is 0 Å². The maximum atomic E-state index is 5.61. The zero-order valence-corrected chi connectivity index (χ0v) is 12.1. The van der Waals surface area contributed by atoms with Crippen LogP contribution in [0.25, 0.3) is 0 Å². The van der Waals surface area contributed by atoms with Crippen molar-refractivity contribution in [2.24, 2.45) is 0 Å². The maximum absolute atomic E-state index is 5.61. The van der Waals surface area contributed by atoms with E-state index in [1.54, 1.807) is 0 Å². The number of aromatic nitrogens is 2. The lowest BCUT2D eigenvalue weighted by Crippen LogP contribution is -2.42. The van der Waals surface area contributed by atoms with Crippen molar-refractivity contribution in [3.8, 4) is 0 Å². The van der Waals surface area contributed by atoms with Crippen LogP contribution in [0.3, 0.4) is 0 Å². The van der Waals surface area contributed by atoms with Gasteiger partial charge in [-0.1, -0.05) is 11.6 Å². The lowest BCUT2D eigenvalue weighted by atomic mass is 9.85. The van der Waals surface area contributed by atoms with E-state index in [1.165, 1.54) is 51.5 Å². The molecule has 0 spiro atoms. The molecule has 5 nitrogen and oxygen atoms in total. The van der Waals surface area contributed by atoms with Crippen molar-refractivity contribution in [3.63, 3.8) is 0 Å². The Labute approximate surface area is 120 Å². The Hall–Kier alpha value is -0.940. The van der Waals surface area contributed by atoms with Gasteiger partial charge in [0.05, 0.1) is 6.04 Å². The Morgan fingerprint density at radius 2 is 1.90 bits per heavy atom. The van der Waals surface area contributed by atoms with Gasteiger partial charge in [0.15, 0.2) is 5.82 Å². The second kappa shape index (κ2) is 5.45. The van der Waals surface area contributed by atoms with Crippen LogP contribution in [0.1, 0.15) is 68.6 Å². The van der Waals surface area contributed by atoms with E-state index < -0.39 is 0 Å². The summed E-state index contributed by atoms with van der Waals surface area (Å²) in [5, 5.41) is 7.69. The van der Waals surface area contributed by atoms with Crippen LogP contribution in [-0.2, 0) is 0 Å². The molecule has 2 saturated heterocycles. The molecule has 20 heavy (non-hydrogen) atoms. The molecule has 1 aromatic heterocycles. The van der Waals surface area contributed by atoms with Gasteiger partial charge >= 0.3 is 0 Å². The lowest BCUT2D eigenvalue weighted by Gasteiger charge is -2.34. The number of likely N-dealkylation sites (tertiary alicyclic amines) is 1. The van der Waals surface area contributed by atoms with E-state index in [4.69, 9.17) is 9.51 Å². The summed E-state index contributed by atoms with van der Waals surface area (Å²) in [5.41, 5.74) is 0. The SMILES string of the molecule is C1CC(c2noc(C3CCCN3C3CCNCC3)n2)C1. The third-order valence-corrected chi connectivity index (χ3v) is 5.28. The fraction of sp³-hybridized carbons (Fsp3) is 0.867. The van der Waals surface area contributed by atoms with E-state index in [9.17, 15) is 0 Å². The number of hydrogen-bond acceptors (Lipinski definition) is 5. The Morgan fingerprint density at radius 1 is 1.05 bits per heavy atom. The van der Waals surface area contributed by atoms with Gasteiger partial charge in [0.1, 0.15) is 0 Å². The average molecular weight is 276 g/mol. The molecule has 0 aromatic carbocycles. The van der Waals surface area contributed by atoms with Gasteiger partial charge in [-0.2, -0.15) is 4.98 Å². The van der Waals surface area contributed by atoms with Crippen molar-refractivity contribution in [2.45, 2.75) is 62.9 Å². The molecule has 1 saturated carbocycles. The maximum Gasteiger partial charge on any atom is 0.244 e. The predicted molar refractivity (Wildman–Crippen MR) is 75.5 cm³/mol. The Kier molecular flexibility index (Phi) is 3.48. The number of nitrogens with zero attached hydrogens (tertiary/aromatic N) is 3. The zero-order chi connectivity index (χ0) is 13.4. The molecule has 110 valence electrons. The molecular formula is C15H24N4O. The summed E-state index contributed by atoms with van der Waals surface area (Å²) in [5.74, 6) is 2.41. The Balaban J connectivity index is 1.49. The molecule has 1 atom stereocenters. The molecular weight excluding hydrogens is 252 g/mol. The number of rotatable bonds is 3. The molecule has 1 aromatic rings. The summed E-state index contributed by atoms with van der Waals surface area (Å²) in [4.78, 5) is 7.35. The smallest absolute Gasteiger partial charge is 0.244 e. The van der Waals surface area contributed by atoms with Crippen LogP contribution in [0, 0.1) is 0 Å². The summed E-state index contributed by atoms with van der Waals surface area (Å²) in [6.45, 7) is 3.48. The zero-order valence-electron chi connectivity index (χ0n) is 12.1. The van der Waals surface area contributed by atoms with Crippen LogP contribution in [0.4, 0.5) is 0 Å². The van der Waals surface area contributed by atoms with Gasteiger partial charge in [0, 0.05) is 12.0 Å². The second-order valence-corrected chi connectivity index (χ2v) is 6.50. The normalized spacial score (nSPS) is 29.7. The number of hydrogen-bond donors (Lipinski definition) is 1. The molecule has 0 bridgehead atoms. The quantitative estimate of drug-likeness (QED) is 0.917. The van der Waals surface area contributed by atoms with Crippen LogP contribution in [0.15, 0.2) is 4.52 Å². The molecule has 2 aliphatic heterocycles. The average Bonchev–Trinajstić information content (AvgIpc) is 3.05. The Morgan fingerprint density at radius 3 is 2.65 bits per heavy atom. The van der Waals surface area contributed by atoms with Gasteiger partial charge in [-0.25, -0.2) is 0 Å². The molecule has 1 aliphatic carbocycles. The summed E-state index contributed by atoms with van der Waals surface area (Å²) in [7, 11) is 0. The number of piperidine rings is 1. The minimum atomic E-state index is 0.374. The van der Waals surface area contributed by atoms with E-state index in [2.05, 4.69) is 15.4 Å². The Bertz CT molecular complexity index is 450. The topological polar surface area (TPSA) is 54.2 Å². The third-order valence-electron chi connectivity index (χ3n) is 5.28. The highest BCUT2D eigenvalue weighted by Crippen LogP contribution is 2.38. The van der Waals surface area contributed by atoms with E-state index >= 15 is 0 Å². The largest absolute Gasteiger partial charge is 0.338 e. The summed E-state index contributed by atoms with van der Waals surface area (Å²) < 4.78 is 5.61. The van der Waals surface area contributed by atoms with E-state index in [-0.39, 0.29) is 0 Å². The van der Waals surface area contributed by atoms with Crippen molar-refractivity contribution in [3.05, 3.63) is 11.7 Å². The minimum Gasteiger partial charge on any atom is -0.338 e.